The molecule has 0 saturated heterocycles. The third-order valence-electron chi connectivity index (χ3n) is 3.39. The Morgan fingerprint density at radius 1 is 1.00 bits per heavy atom. The van der Waals surface area contributed by atoms with Crippen LogP contribution < -0.4 is 15.4 Å². The van der Waals surface area contributed by atoms with Crippen LogP contribution in [0.15, 0.2) is 46.9 Å². The molecule has 2 N–H and O–H groups in total. The van der Waals surface area contributed by atoms with Crippen LogP contribution in [0.4, 0.5) is 5.69 Å². The number of nitrogens with one attached hydrogen (secondary N) is 2. The molecule has 0 atom stereocenters. The van der Waals surface area contributed by atoms with Gasteiger partial charge in [-0.25, -0.2) is 0 Å². The van der Waals surface area contributed by atoms with Crippen LogP contribution in [0.1, 0.15) is 48.4 Å². The number of benzene rings is 2. The number of ether oxygens (including phenoxy) is 1. The van der Waals surface area contributed by atoms with Gasteiger partial charge in [0, 0.05) is 22.4 Å². The van der Waals surface area contributed by atoms with Gasteiger partial charge in [-0.15, -0.1) is 0 Å². The van der Waals surface area contributed by atoms with Gasteiger partial charge in [0.1, 0.15) is 5.75 Å². The molecule has 0 saturated carbocycles. The molecule has 0 aliphatic carbocycles. The van der Waals surface area contributed by atoms with E-state index in [1.807, 2.05) is 27.7 Å². The number of halogens is 1. The number of hydrogen-bond acceptors (Lipinski definition) is 3. The van der Waals surface area contributed by atoms with Gasteiger partial charge in [0.05, 0.1) is 11.1 Å². The Balaban J connectivity index is 2.05. The van der Waals surface area contributed by atoms with Crippen molar-refractivity contribution in [3.05, 3.63) is 58.1 Å². The van der Waals surface area contributed by atoms with Gasteiger partial charge in [0.15, 0.2) is 0 Å². The molecule has 2 rings (SSSR count). The average Bonchev–Trinajstić information content (AvgIpc) is 2.56. The van der Waals surface area contributed by atoms with Crippen LogP contribution in [0.2, 0.25) is 0 Å². The van der Waals surface area contributed by atoms with Crippen molar-refractivity contribution in [3.8, 4) is 5.75 Å². The van der Waals surface area contributed by atoms with Crippen molar-refractivity contribution in [1.29, 1.82) is 0 Å². The van der Waals surface area contributed by atoms with E-state index in [2.05, 4.69) is 26.6 Å². The molecule has 2 aromatic rings. The molecule has 0 aromatic heterocycles. The van der Waals surface area contributed by atoms with Crippen molar-refractivity contribution in [3.63, 3.8) is 0 Å². The van der Waals surface area contributed by atoms with Crippen LogP contribution in [0.5, 0.6) is 5.75 Å². The topological polar surface area (TPSA) is 67.4 Å². The molecule has 0 spiro atoms. The second-order valence-corrected chi connectivity index (χ2v) is 7.67. The van der Waals surface area contributed by atoms with E-state index in [0.717, 1.165) is 4.47 Å². The minimum absolute atomic E-state index is 0.147. The predicted octanol–water partition coefficient (Wildman–Crippen LogP) is 4.63. The van der Waals surface area contributed by atoms with E-state index in [1.54, 1.807) is 42.5 Å². The molecule has 0 aliphatic heterocycles. The Labute approximate surface area is 162 Å². The third-order valence-corrected chi connectivity index (χ3v) is 4.01. The summed E-state index contributed by atoms with van der Waals surface area (Å²) in [7, 11) is 0. The molecule has 0 aliphatic rings. The zero-order valence-corrected chi connectivity index (χ0v) is 16.9. The number of carbonyl (C=O) groups is 2. The van der Waals surface area contributed by atoms with Gasteiger partial charge in [0.25, 0.3) is 11.8 Å². The van der Waals surface area contributed by atoms with E-state index in [9.17, 15) is 9.59 Å². The van der Waals surface area contributed by atoms with Gasteiger partial charge >= 0.3 is 0 Å². The molecular weight excluding hydrogens is 396 g/mol. The summed E-state index contributed by atoms with van der Waals surface area (Å²) >= 11 is 3.40. The molecule has 5 nitrogen and oxygen atoms in total. The smallest absolute Gasteiger partial charge is 0.255 e. The van der Waals surface area contributed by atoms with Crippen LogP contribution >= 0.6 is 15.9 Å². The summed E-state index contributed by atoms with van der Waals surface area (Å²) in [5.74, 6) is 0.310. The predicted molar refractivity (Wildman–Crippen MR) is 107 cm³/mol. The van der Waals surface area contributed by atoms with Crippen molar-refractivity contribution >= 4 is 33.4 Å². The van der Waals surface area contributed by atoms with Crippen LogP contribution in [-0.2, 0) is 0 Å². The second kappa shape index (κ2) is 8.36. The molecule has 0 fully saturated rings. The maximum Gasteiger partial charge on any atom is 0.255 e. The number of amides is 2. The molecule has 0 heterocycles. The molecule has 6 heteroatoms. The first-order valence-electron chi connectivity index (χ1n) is 8.36. The largest absolute Gasteiger partial charge is 0.493 e. The first-order valence-corrected chi connectivity index (χ1v) is 9.15. The van der Waals surface area contributed by atoms with Crippen molar-refractivity contribution in [2.45, 2.75) is 33.2 Å². The first kappa shape index (κ1) is 20.0. The van der Waals surface area contributed by atoms with Gasteiger partial charge in [-0.3, -0.25) is 9.59 Å². The fourth-order valence-corrected chi connectivity index (χ4v) is 2.73. The van der Waals surface area contributed by atoms with E-state index < -0.39 is 0 Å². The van der Waals surface area contributed by atoms with Crippen LogP contribution in [0.3, 0.4) is 0 Å². The first-order chi connectivity index (χ1) is 12.2. The van der Waals surface area contributed by atoms with Gasteiger partial charge in [0.2, 0.25) is 0 Å². The summed E-state index contributed by atoms with van der Waals surface area (Å²) in [5, 5.41) is 5.72. The minimum Gasteiger partial charge on any atom is -0.493 e. The molecule has 2 aromatic carbocycles. The Morgan fingerprint density at radius 3 is 2.15 bits per heavy atom. The molecule has 26 heavy (non-hydrogen) atoms. The Bertz CT molecular complexity index is 796. The molecule has 2 amide bonds. The maximum atomic E-state index is 12.4. The lowest BCUT2D eigenvalue weighted by Gasteiger charge is -2.20. The highest BCUT2D eigenvalue weighted by Crippen LogP contribution is 2.26. The van der Waals surface area contributed by atoms with E-state index in [1.165, 1.54) is 0 Å². The van der Waals surface area contributed by atoms with Crippen LogP contribution in [-0.4, -0.2) is 24.0 Å². The lowest BCUT2D eigenvalue weighted by Crippen LogP contribution is -2.40. The van der Waals surface area contributed by atoms with Gasteiger partial charge in [-0.05, 0) is 86.1 Å². The summed E-state index contributed by atoms with van der Waals surface area (Å²) in [6.45, 7) is 8.23. The summed E-state index contributed by atoms with van der Waals surface area (Å²) in [5.41, 5.74) is 1.37. The molecule has 0 unspecified atom stereocenters. The normalized spacial score (nSPS) is 11.0. The fourth-order valence-electron chi connectivity index (χ4n) is 2.24. The summed E-state index contributed by atoms with van der Waals surface area (Å²) in [6, 6.07) is 12.0. The lowest BCUT2D eigenvalue weighted by atomic mass is 10.1. The highest BCUT2D eigenvalue weighted by molar-refractivity contribution is 9.10. The molecule has 138 valence electrons. The monoisotopic (exact) mass is 418 g/mol. The molecule has 0 bridgehead atoms. The lowest BCUT2D eigenvalue weighted by molar-refractivity contribution is 0.0919. The van der Waals surface area contributed by atoms with Crippen LogP contribution in [0, 0.1) is 0 Å². The summed E-state index contributed by atoms with van der Waals surface area (Å²) in [4.78, 5) is 24.5. The number of anilines is 1. The molecule has 0 radical (unpaired) electrons. The van der Waals surface area contributed by atoms with E-state index in [4.69, 9.17) is 4.74 Å². The zero-order chi connectivity index (χ0) is 19.3. The fraction of sp³-hybridized carbons (Fsp3) is 0.300. The second-order valence-electron chi connectivity index (χ2n) is 6.81. The Morgan fingerprint density at radius 2 is 1.62 bits per heavy atom. The van der Waals surface area contributed by atoms with Gasteiger partial charge in [-0.1, -0.05) is 0 Å². The number of hydrogen-bond donors (Lipinski definition) is 2. The quantitative estimate of drug-likeness (QED) is 0.743. The van der Waals surface area contributed by atoms with Crippen molar-refractivity contribution < 1.29 is 14.3 Å². The van der Waals surface area contributed by atoms with Crippen molar-refractivity contribution in [1.82, 2.24) is 5.32 Å². The van der Waals surface area contributed by atoms with E-state index in [-0.39, 0.29) is 17.4 Å². The highest BCUT2D eigenvalue weighted by atomic mass is 79.9. The number of rotatable bonds is 5. The Hall–Kier alpha value is -2.34. The Kier molecular flexibility index (Phi) is 6.42. The van der Waals surface area contributed by atoms with E-state index >= 15 is 0 Å². The SMILES string of the molecule is CCOc1ccc(C(=O)Nc2ccc(C(=O)NC(C)(C)C)cc2)cc1Br. The standard InChI is InChI=1S/C20H23BrN2O3/c1-5-26-17-11-8-14(12-16(17)21)18(24)22-15-9-6-13(7-10-15)19(25)23-20(2,3)4/h6-12H,5H2,1-4H3,(H,22,24)(H,23,25). The van der Waals surface area contributed by atoms with Crippen LogP contribution in [0.25, 0.3) is 0 Å². The average molecular weight is 419 g/mol. The van der Waals surface area contributed by atoms with Crippen molar-refractivity contribution in [2.75, 3.05) is 11.9 Å². The minimum atomic E-state index is -0.301. The summed E-state index contributed by atoms with van der Waals surface area (Å²) < 4.78 is 6.17. The van der Waals surface area contributed by atoms with Crippen molar-refractivity contribution in [2.24, 2.45) is 0 Å². The third kappa shape index (κ3) is 5.59. The zero-order valence-electron chi connectivity index (χ0n) is 15.4. The molecular formula is C20H23BrN2O3. The van der Waals surface area contributed by atoms with Gasteiger partial charge in [-0.2, -0.15) is 0 Å². The van der Waals surface area contributed by atoms with Gasteiger partial charge < -0.3 is 15.4 Å². The van der Waals surface area contributed by atoms with E-state index in [0.29, 0.717) is 29.2 Å². The highest BCUT2D eigenvalue weighted by Gasteiger charge is 2.15. The maximum absolute atomic E-state index is 12.4. The number of carbonyl (C=O) groups excluding carboxylic acids is 2. The summed E-state index contributed by atoms with van der Waals surface area (Å²) in [6.07, 6.45) is 0.